The van der Waals surface area contributed by atoms with Crippen molar-refractivity contribution in [1.82, 2.24) is 4.90 Å². The van der Waals surface area contributed by atoms with Crippen molar-refractivity contribution in [2.24, 2.45) is 0 Å². The van der Waals surface area contributed by atoms with Crippen LogP contribution in [-0.4, -0.2) is 42.8 Å². The Hall–Kier alpha value is -1.39. The quantitative estimate of drug-likeness (QED) is 0.783. The first-order chi connectivity index (χ1) is 10.3. The van der Waals surface area contributed by atoms with Crippen LogP contribution in [0.1, 0.15) is 42.9 Å². The van der Waals surface area contributed by atoms with E-state index in [0.29, 0.717) is 19.0 Å². The molecule has 1 atom stereocenters. The van der Waals surface area contributed by atoms with Crippen LogP contribution in [0.5, 0.6) is 0 Å². The van der Waals surface area contributed by atoms with Gasteiger partial charge in [0.15, 0.2) is 0 Å². The SMILES string of the molecule is COC(=O)CCCN(CCO)C1CCCc2ccccc21. The molecule has 0 bridgehead atoms. The molecule has 0 heterocycles. The summed E-state index contributed by atoms with van der Waals surface area (Å²) in [5.74, 6) is -0.164. The number of hydrogen-bond donors (Lipinski definition) is 1. The first-order valence-electron chi connectivity index (χ1n) is 7.75. The summed E-state index contributed by atoms with van der Waals surface area (Å²) >= 11 is 0. The van der Waals surface area contributed by atoms with E-state index in [1.807, 2.05) is 0 Å². The van der Waals surface area contributed by atoms with Crippen molar-refractivity contribution in [3.05, 3.63) is 35.4 Å². The number of fused-ring (bicyclic) bond motifs is 1. The molecule has 2 rings (SSSR count). The molecule has 0 saturated carbocycles. The van der Waals surface area contributed by atoms with Gasteiger partial charge in [0, 0.05) is 19.0 Å². The molecule has 4 heteroatoms. The summed E-state index contributed by atoms with van der Waals surface area (Å²) < 4.78 is 4.69. The van der Waals surface area contributed by atoms with Crippen molar-refractivity contribution >= 4 is 5.97 Å². The lowest BCUT2D eigenvalue weighted by atomic mass is 9.86. The molecule has 0 amide bonds. The Kier molecular flexibility index (Phi) is 6.21. The third kappa shape index (κ3) is 4.29. The molecular formula is C17H25NO3. The summed E-state index contributed by atoms with van der Waals surface area (Å²) in [5, 5.41) is 9.34. The highest BCUT2D eigenvalue weighted by Crippen LogP contribution is 2.34. The van der Waals surface area contributed by atoms with Gasteiger partial charge in [0.2, 0.25) is 0 Å². The van der Waals surface area contributed by atoms with Gasteiger partial charge in [0.1, 0.15) is 0 Å². The van der Waals surface area contributed by atoms with E-state index in [1.54, 1.807) is 0 Å². The normalized spacial score (nSPS) is 17.6. The van der Waals surface area contributed by atoms with Crippen LogP contribution < -0.4 is 0 Å². The zero-order valence-electron chi connectivity index (χ0n) is 12.8. The van der Waals surface area contributed by atoms with Gasteiger partial charge in [-0.05, 0) is 43.4 Å². The van der Waals surface area contributed by atoms with Crippen LogP contribution in [0.4, 0.5) is 0 Å². The number of rotatable bonds is 7. The average molecular weight is 291 g/mol. The van der Waals surface area contributed by atoms with Crippen molar-refractivity contribution in [3.8, 4) is 0 Å². The molecule has 0 fully saturated rings. The molecule has 1 N–H and O–H groups in total. The van der Waals surface area contributed by atoms with Crippen LogP contribution >= 0.6 is 0 Å². The third-order valence-corrected chi connectivity index (χ3v) is 4.22. The molecule has 0 saturated heterocycles. The number of aliphatic hydroxyl groups is 1. The first kappa shape index (κ1) is 16.0. The fourth-order valence-electron chi connectivity index (χ4n) is 3.19. The van der Waals surface area contributed by atoms with Crippen molar-refractivity contribution in [2.45, 2.75) is 38.1 Å². The van der Waals surface area contributed by atoms with Crippen LogP contribution in [-0.2, 0) is 16.0 Å². The predicted molar refractivity (Wildman–Crippen MR) is 82.0 cm³/mol. The lowest BCUT2D eigenvalue weighted by Gasteiger charge is -2.35. The number of nitrogens with zero attached hydrogens (tertiary/aromatic N) is 1. The van der Waals surface area contributed by atoms with Crippen LogP contribution in [0.3, 0.4) is 0 Å². The monoisotopic (exact) mass is 291 g/mol. The van der Waals surface area contributed by atoms with Gasteiger partial charge >= 0.3 is 5.97 Å². The number of ether oxygens (including phenoxy) is 1. The Balaban J connectivity index is 2.03. The van der Waals surface area contributed by atoms with Gasteiger partial charge in [-0.15, -0.1) is 0 Å². The second-order valence-electron chi connectivity index (χ2n) is 5.55. The molecule has 116 valence electrons. The maximum atomic E-state index is 11.2. The van der Waals surface area contributed by atoms with E-state index in [4.69, 9.17) is 0 Å². The van der Waals surface area contributed by atoms with E-state index in [0.717, 1.165) is 25.8 Å². The van der Waals surface area contributed by atoms with Gasteiger partial charge < -0.3 is 9.84 Å². The standard InChI is InChI=1S/C17H25NO3/c1-21-17(20)10-5-11-18(12-13-19)16-9-4-7-14-6-2-3-8-15(14)16/h2-3,6,8,16,19H,4-5,7,9-13H2,1H3. The molecule has 0 aromatic heterocycles. The zero-order chi connectivity index (χ0) is 15.1. The number of aryl methyl sites for hydroxylation is 1. The number of aliphatic hydroxyl groups excluding tert-OH is 1. The van der Waals surface area contributed by atoms with Crippen molar-refractivity contribution in [2.75, 3.05) is 26.8 Å². The number of esters is 1. The van der Waals surface area contributed by atoms with Gasteiger partial charge in [0.25, 0.3) is 0 Å². The summed E-state index contributed by atoms with van der Waals surface area (Å²) in [7, 11) is 1.42. The second kappa shape index (κ2) is 8.15. The number of hydrogen-bond acceptors (Lipinski definition) is 4. The molecule has 1 aromatic rings. The predicted octanol–water partition coefficient (Wildman–Crippen LogP) is 2.31. The Morgan fingerprint density at radius 2 is 2.19 bits per heavy atom. The second-order valence-corrected chi connectivity index (χ2v) is 5.55. The zero-order valence-corrected chi connectivity index (χ0v) is 12.8. The largest absolute Gasteiger partial charge is 0.469 e. The summed E-state index contributed by atoms with van der Waals surface area (Å²) in [5.41, 5.74) is 2.81. The van der Waals surface area contributed by atoms with E-state index in [9.17, 15) is 9.90 Å². The maximum absolute atomic E-state index is 11.2. The average Bonchev–Trinajstić information content (AvgIpc) is 2.53. The van der Waals surface area contributed by atoms with Crippen LogP contribution in [0, 0.1) is 0 Å². The van der Waals surface area contributed by atoms with Gasteiger partial charge in [-0.2, -0.15) is 0 Å². The summed E-state index contributed by atoms with van der Waals surface area (Å²) in [6.07, 6.45) is 4.65. The molecule has 1 aromatic carbocycles. The number of carbonyl (C=O) groups excluding carboxylic acids is 1. The fraction of sp³-hybridized carbons (Fsp3) is 0.588. The van der Waals surface area contributed by atoms with E-state index in [-0.39, 0.29) is 12.6 Å². The summed E-state index contributed by atoms with van der Waals surface area (Å²) in [6, 6.07) is 8.94. The van der Waals surface area contributed by atoms with E-state index in [1.165, 1.54) is 24.7 Å². The molecular weight excluding hydrogens is 266 g/mol. The highest BCUT2D eigenvalue weighted by atomic mass is 16.5. The lowest BCUT2D eigenvalue weighted by Crippen LogP contribution is -2.34. The summed E-state index contributed by atoms with van der Waals surface area (Å²) in [6.45, 7) is 1.62. The molecule has 1 unspecified atom stereocenters. The molecule has 0 aliphatic heterocycles. The van der Waals surface area contributed by atoms with E-state index < -0.39 is 0 Å². The Morgan fingerprint density at radius 3 is 2.95 bits per heavy atom. The van der Waals surface area contributed by atoms with Crippen molar-refractivity contribution in [1.29, 1.82) is 0 Å². The smallest absolute Gasteiger partial charge is 0.305 e. The third-order valence-electron chi connectivity index (χ3n) is 4.22. The Bertz CT molecular complexity index is 461. The van der Waals surface area contributed by atoms with Crippen LogP contribution in [0.15, 0.2) is 24.3 Å². The van der Waals surface area contributed by atoms with Gasteiger partial charge in [-0.1, -0.05) is 24.3 Å². The fourth-order valence-corrected chi connectivity index (χ4v) is 3.19. The van der Waals surface area contributed by atoms with Crippen LogP contribution in [0.2, 0.25) is 0 Å². The van der Waals surface area contributed by atoms with Gasteiger partial charge in [-0.3, -0.25) is 9.69 Å². The number of benzene rings is 1. The van der Waals surface area contributed by atoms with Gasteiger partial charge in [0.05, 0.1) is 13.7 Å². The maximum Gasteiger partial charge on any atom is 0.305 e. The highest BCUT2D eigenvalue weighted by molar-refractivity contribution is 5.69. The Morgan fingerprint density at radius 1 is 1.38 bits per heavy atom. The topological polar surface area (TPSA) is 49.8 Å². The number of methoxy groups -OCH3 is 1. The number of carbonyl (C=O) groups is 1. The van der Waals surface area contributed by atoms with Crippen LogP contribution in [0.25, 0.3) is 0 Å². The lowest BCUT2D eigenvalue weighted by molar-refractivity contribution is -0.140. The summed E-state index contributed by atoms with van der Waals surface area (Å²) in [4.78, 5) is 13.5. The molecule has 4 nitrogen and oxygen atoms in total. The molecule has 0 spiro atoms. The van der Waals surface area contributed by atoms with E-state index >= 15 is 0 Å². The van der Waals surface area contributed by atoms with Gasteiger partial charge in [-0.25, -0.2) is 0 Å². The minimum Gasteiger partial charge on any atom is -0.469 e. The molecule has 21 heavy (non-hydrogen) atoms. The minimum absolute atomic E-state index is 0.150. The minimum atomic E-state index is -0.164. The molecule has 1 aliphatic carbocycles. The first-order valence-corrected chi connectivity index (χ1v) is 7.75. The highest BCUT2D eigenvalue weighted by Gasteiger charge is 2.25. The van der Waals surface area contributed by atoms with Crippen molar-refractivity contribution in [3.63, 3.8) is 0 Å². The molecule has 0 radical (unpaired) electrons. The molecule has 1 aliphatic rings. The van der Waals surface area contributed by atoms with E-state index in [2.05, 4.69) is 33.9 Å². The van der Waals surface area contributed by atoms with Crippen molar-refractivity contribution < 1.29 is 14.6 Å². The Labute approximate surface area is 126 Å².